The van der Waals surface area contributed by atoms with Crippen LogP contribution < -0.4 is 5.32 Å². The zero-order valence-corrected chi connectivity index (χ0v) is 11.4. The van der Waals surface area contributed by atoms with E-state index in [4.69, 9.17) is 0 Å². The van der Waals surface area contributed by atoms with Crippen molar-refractivity contribution < 1.29 is 14.3 Å². The maximum Gasteiger partial charge on any atom is 0.293 e. The molecule has 1 rings (SSSR count). The number of carbonyl (C=O) groups excluding carboxylic acids is 2. The second-order valence-corrected chi connectivity index (χ2v) is 4.60. The van der Waals surface area contributed by atoms with Crippen LogP contribution in [0.25, 0.3) is 0 Å². The van der Waals surface area contributed by atoms with Crippen LogP contribution in [0.3, 0.4) is 0 Å². The monoisotopic (exact) mass is 243 g/mol. The molecule has 1 N–H and O–H groups in total. The van der Waals surface area contributed by atoms with Gasteiger partial charge in [0.1, 0.15) is 5.78 Å². The van der Waals surface area contributed by atoms with Crippen LogP contribution in [0.2, 0.25) is 0 Å². The summed E-state index contributed by atoms with van der Waals surface area (Å²) in [5.41, 5.74) is 0. The number of Topliss-reactive ketones (excluding diaryl/α,β-unsaturated/α-hetero) is 1. The van der Waals surface area contributed by atoms with Crippen LogP contribution in [0.15, 0.2) is 0 Å². The van der Waals surface area contributed by atoms with Gasteiger partial charge in [0.05, 0.1) is 6.10 Å². The van der Waals surface area contributed by atoms with Crippen LogP contribution in [-0.2, 0) is 14.3 Å². The van der Waals surface area contributed by atoms with Gasteiger partial charge in [-0.1, -0.05) is 13.8 Å². The fourth-order valence-electron chi connectivity index (χ4n) is 1.72. The Kier molecular flexibility index (Phi) is 8.68. The van der Waals surface area contributed by atoms with Crippen LogP contribution in [0.5, 0.6) is 0 Å². The largest absolute Gasteiger partial charge is 0.465 e. The Labute approximate surface area is 104 Å². The molecule has 1 fully saturated rings. The molecule has 0 radical (unpaired) electrons. The van der Waals surface area contributed by atoms with Gasteiger partial charge in [0.2, 0.25) is 0 Å². The molecular formula is C13H25NO3. The summed E-state index contributed by atoms with van der Waals surface area (Å²) in [6.07, 6.45) is 3.66. The van der Waals surface area contributed by atoms with Crippen LogP contribution >= 0.6 is 0 Å². The molecule has 0 aromatic rings. The number of hydrogen-bond acceptors (Lipinski definition) is 4. The van der Waals surface area contributed by atoms with Crippen molar-refractivity contribution in [3.63, 3.8) is 0 Å². The molecule has 4 heteroatoms. The maximum atomic E-state index is 11.2. The van der Waals surface area contributed by atoms with Gasteiger partial charge in [-0.05, 0) is 26.7 Å². The minimum atomic E-state index is 0.0301. The van der Waals surface area contributed by atoms with Crippen molar-refractivity contribution in [2.45, 2.75) is 71.6 Å². The van der Waals surface area contributed by atoms with Crippen molar-refractivity contribution in [3.05, 3.63) is 0 Å². The lowest BCUT2D eigenvalue weighted by atomic mass is 9.94. The van der Waals surface area contributed by atoms with E-state index in [1.165, 1.54) is 0 Å². The van der Waals surface area contributed by atoms with E-state index < -0.39 is 0 Å². The summed E-state index contributed by atoms with van der Waals surface area (Å²) >= 11 is 0. The topological polar surface area (TPSA) is 55.4 Å². The van der Waals surface area contributed by atoms with E-state index in [1.54, 1.807) is 13.8 Å². The van der Waals surface area contributed by atoms with Crippen LogP contribution in [0.4, 0.5) is 0 Å². The molecular weight excluding hydrogens is 218 g/mol. The van der Waals surface area contributed by atoms with E-state index >= 15 is 0 Å². The van der Waals surface area contributed by atoms with Crippen molar-refractivity contribution in [2.75, 3.05) is 0 Å². The van der Waals surface area contributed by atoms with E-state index in [9.17, 15) is 9.59 Å². The van der Waals surface area contributed by atoms with Crippen molar-refractivity contribution in [2.24, 2.45) is 0 Å². The molecule has 17 heavy (non-hydrogen) atoms. The van der Waals surface area contributed by atoms with Crippen molar-refractivity contribution in [1.29, 1.82) is 0 Å². The average Bonchev–Trinajstić information content (AvgIpc) is 2.28. The molecule has 1 aliphatic rings. The van der Waals surface area contributed by atoms with Crippen molar-refractivity contribution in [1.82, 2.24) is 5.32 Å². The highest BCUT2D eigenvalue weighted by Crippen LogP contribution is 2.13. The fourth-order valence-corrected chi connectivity index (χ4v) is 1.72. The van der Waals surface area contributed by atoms with Gasteiger partial charge < -0.3 is 10.1 Å². The number of hydrogen-bond donors (Lipinski definition) is 1. The summed E-state index contributed by atoms with van der Waals surface area (Å²) in [6, 6.07) is 0.891. The fraction of sp³-hybridized carbons (Fsp3) is 0.846. The van der Waals surface area contributed by atoms with Gasteiger partial charge in [0.25, 0.3) is 6.47 Å². The molecule has 0 aromatic heterocycles. The summed E-state index contributed by atoms with van der Waals surface area (Å²) in [7, 11) is 0. The predicted molar refractivity (Wildman–Crippen MR) is 67.8 cm³/mol. The summed E-state index contributed by atoms with van der Waals surface area (Å²) in [5.74, 6) is 0.433. The average molecular weight is 243 g/mol. The van der Waals surface area contributed by atoms with Gasteiger partial charge in [0.15, 0.2) is 0 Å². The Hall–Kier alpha value is -0.900. The number of carbonyl (C=O) groups is 2. The minimum Gasteiger partial charge on any atom is -0.465 e. The number of nitrogens with one attached hydrogen (secondary N) is 1. The van der Waals surface area contributed by atoms with E-state index in [0.29, 0.717) is 24.3 Å². The zero-order chi connectivity index (χ0) is 13.3. The van der Waals surface area contributed by atoms with E-state index in [2.05, 4.69) is 23.9 Å². The lowest BCUT2D eigenvalue weighted by Gasteiger charge is -2.28. The van der Waals surface area contributed by atoms with Gasteiger partial charge >= 0.3 is 0 Å². The first-order valence-electron chi connectivity index (χ1n) is 6.40. The predicted octanol–water partition coefficient (Wildman–Crippen LogP) is 2.06. The lowest BCUT2D eigenvalue weighted by molar-refractivity contribution is -0.132. The third-order valence-electron chi connectivity index (χ3n) is 2.73. The third kappa shape index (κ3) is 7.91. The number of ketones is 1. The molecule has 0 aliphatic carbocycles. The molecule has 2 unspecified atom stereocenters. The number of rotatable bonds is 4. The summed E-state index contributed by atoms with van der Waals surface area (Å²) in [4.78, 5) is 20.6. The molecule has 0 amide bonds. The van der Waals surface area contributed by atoms with Gasteiger partial charge in [0, 0.05) is 24.9 Å². The van der Waals surface area contributed by atoms with Crippen LogP contribution in [0, 0.1) is 0 Å². The Morgan fingerprint density at radius 1 is 1.29 bits per heavy atom. The van der Waals surface area contributed by atoms with E-state index in [0.717, 1.165) is 25.7 Å². The Morgan fingerprint density at radius 3 is 2.00 bits per heavy atom. The van der Waals surface area contributed by atoms with Crippen molar-refractivity contribution >= 4 is 12.3 Å². The van der Waals surface area contributed by atoms with E-state index in [-0.39, 0.29) is 6.10 Å². The number of piperidine rings is 1. The van der Waals surface area contributed by atoms with Crippen LogP contribution in [0.1, 0.15) is 53.4 Å². The highest BCUT2D eigenvalue weighted by atomic mass is 16.5. The Morgan fingerprint density at radius 2 is 1.76 bits per heavy atom. The molecule has 2 atom stereocenters. The second-order valence-electron chi connectivity index (χ2n) is 4.60. The zero-order valence-electron chi connectivity index (χ0n) is 11.4. The van der Waals surface area contributed by atoms with E-state index in [1.807, 2.05) is 0 Å². The highest BCUT2D eigenvalue weighted by molar-refractivity contribution is 5.80. The van der Waals surface area contributed by atoms with Crippen molar-refractivity contribution in [3.8, 4) is 0 Å². The standard InChI is InChI=1S/C9H17NO.C4H8O2/c1-3-7-5-9(11)6-8(4-2)10-7;1-4(2)6-3-5/h7-8,10H,3-6H2,1-2H3;3-4H,1-2H3. The molecule has 4 nitrogen and oxygen atoms in total. The Bertz CT molecular complexity index is 215. The molecule has 0 aromatic carbocycles. The second kappa shape index (κ2) is 9.16. The molecule has 100 valence electrons. The molecule has 1 heterocycles. The molecule has 1 aliphatic heterocycles. The summed E-state index contributed by atoms with van der Waals surface area (Å²) < 4.78 is 4.36. The SMILES string of the molecule is CC(C)OC=O.CCC1CC(=O)CC(CC)N1. The quantitative estimate of drug-likeness (QED) is 0.768. The normalized spacial score (nSPS) is 23.9. The van der Waals surface area contributed by atoms with Gasteiger partial charge in [-0.15, -0.1) is 0 Å². The first-order chi connectivity index (χ1) is 8.03. The summed E-state index contributed by atoms with van der Waals surface area (Å²) in [6.45, 7) is 8.30. The minimum absolute atomic E-state index is 0.0301. The smallest absolute Gasteiger partial charge is 0.293 e. The number of ether oxygens (including phenoxy) is 1. The molecule has 0 bridgehead atoms. The summed E-state index contributed by atoms with van der Waals surface area (Å²) in [5, 5.41) is 3.46. The van der Waals surface area contributed by atoms with Gasteiger partial charge in [-0.3, -0.25) is 9.59 Å². The maximum absolute atomic E-state index is 11.2. The highest BCUT2D eigenvalue weighted by Gasteiger charge is 2.23. The third-order valence-corrected chi connectivity index (χ3v) is 2.73. The molecule has 0 saturated carbocycles. The molecule has 0 spiro atoms. The first-order valence-corrected chi connectivity index (χ1v) is 6.40. The Balaban J connectivity index is 0.000000366. The first kappa shape index (κ1) is 16.1. The lowest BCUT2D eigenvalue weighted by Crippen LogP contribution is -2.45. The van der Waals surface area contributed by atoms with Gasteiger partial charge in [-0.25, -0.2) is 0 Å². The van der Waals surface area contributed by atoms with Gasteiger partial charge in [-0.2, -0.15) is 0 Å². The van der Waals surface area contributed by atoms with Crippen LogP contribution in [-0.4, -0.2) is 30.4 Å². The molecule has 1 saturated heterocycles.